The Kier molecular flexibility index (Phi) is 5.23. The van der Waals surface area contributed by atoms with Crippen molar-refractivity contribution in [3.05, 3.63) is 103 Å². The standard InChI is InChI=1S/C13H7BrO2S.C9H6O2/c14-9-1-2-10-11(8-3-4-17-7-8)6-13(15)16-12(10)5-9;10-9-6-5-7-3-1-2-4-8(7)11-9/h1-7H;1-6H. The second kappa shape index (κ2) is 7.96. The normalized spacial score (nSPS) is 10.6. The van der Waals surface area contributed by atoms with Gasteiger partial charge in [-0.15, -0.1) is 0 Å². The quantitative estimate of drug-likeness (QED) is 0.289. The molecule has 0 saturated carbocycles. The Hall–Kier alpha value is -2.96. The van der Waals surface area contributed by atoms with Crippen LogP contribution in [0.4, 0.5) is 0 Å². The van der Waals surface area contributed by atoms with E-state index in [1.54, 1.807) is 23.5 Å². The summed E-state index contributed by atoms with van der Waals surface area (Å²) in [7, 11) is 0. The molecular weight excluding hydrogens is 440 g/mol. The maximum absolute atomic E-state index is 11.5. The van der Waals surface area contributed by atoms with E-state index in [-0.39, 0.29) is 11.3 Å². The zero-order valence-electron chi connectivity index (χ0n) is 14.4. The average molecular weight is 453 g/mol. The van der Waals surface area contributed by atoms with Gasteiger partial charge in [0, 0.05) is 32.9 Å². The van der Waals surface area contributed by atoms with Crippen LogP contribution >= 0.6 is 27.3 Å². The summed E-state index contributed by atoms with van der Waals surface area (Å²) in [6, 6.07) is 19.8. The Balaban J connectivity index is 0.000000151. The topological polar surface area (TPSA) is 60.4 Å². The van der Waals surface area contributed by atoms with E-state index < -0.39 is 0 Å². The molecule has 0 saturated heterocycles. The molecule has 0 aliphatic carbocycles. The van der Waals surface area contributed by atoms with Gasteiger partial charge in [-0.25, -0.2) is 9.59 Å². The minimum absolute atomic E-state index is 0.302. The molecule has 3 heterocycles. The summed E-state index contributed by atoms with van der Waals surface area (Å²) in [6.07, 6.45) is 0. The molecule has 0 aliphatic heterocycles. The number of benzene rings is 2. The van der Waals surface area contributed by atoms with Crippen LogP contribution in [0.3, 0.4) is 0 Å². The van der Waals surface area contributed by atoms with Crippen molar-refractivity contribution in [2.45, 2.75) is 0 Å². The fraction of sp³-hybridized carbons (Fsp3) is 0. The number of para-hydroxylation sites is 1. The highest BCUT2D eigenvalue weighted by Crippen LogP contribution is 2.30. The van der Waals surface area contributed by atoms with Gasteiger partial charge in [0.2, 0.25) is 0 Å². The fourth-order valence-corrected chi connectivity index (χ4v) is 3.80. The van der Waals surface area contributed by atoms with Gasteiger partial charge in [0.05, 0.1) is 0 Å². The summed E-state index contributed by atoms with van der Waals surface area (Å²) in [5.41, 5.74) is 2.59. The third-order valence-corrected chi connectivity index (χ3v) is 5.24. The Bertz CT molecular complexity index is 1370. The van der Waals surface area contributed by atoms with Crippen LogP contribution in [0.5, 0.6) is 0 Å². The smallest absolute Gasteiger partial charge is 0.336 e. The van der Waals surface area contributed by atoms with Crippen LogP contribution in [0.25, 0.3) is 33.1 Å². The lowest BCUT2D eigenvalue weighted by molar-refractivity contribution is 0.561. The van der Waals surface area contributed by atoms with Crippen LogP contribution in [0.15, 0.2) is 100 Å². The van der Waals surface area contributed by atoms with Gasteiger partial charge in [-0.05, 0) is 52.7 Å². The predicted octanol–water partition coefficient (Wildman–Crippen LogP) is 6.08. The summed E-state index contributed by atoms with van der Waals surface area (Å²) < 4.78 is 11.0. The molecule has 0 radical (unpaired) electrons. The summed E-state index contributed by atoms with van der Waals surface area (Å²) in [4.78, 5) is 22.2. The van der Waals surface area contributed by atoms with Gasteiger partial charge >= 0.3 is 11.3 Å². The second-order valence-corrected chi connectivity index (χ2v) is 7.62. The Morgan fingerprint density at radius 2 is 1.61 bits per heavy atom. The highest BCUT2D eigenvalue weighted by Gasteiger charge is 2.08. The summed E-state index contributed by atoms with van der Waals surface area (Å²) >= 11 is 4.98. The molecule has 138 valence electrons. The van der Waals surface area contributed by atoms with Gasteiger partial charge in [-0.1, -0.05) is 34.1 Å². The van der Waals surface area contributed by atoms with Crippen LogP contribution in [0, 0.1) is 0 Å². The molecular formula is C22H13BrO4S. The maximum Gasteiger partial charge on any atom is 0.336 e. The molecule has 5 rings (SSSR count). The van der Waals surface area contributed by atoms with Gasteiger partial charge in [0.15, 0.2) is 0 Å². The van der Waals surface area contributed by atoms with Gasteiger partial charge < -0.3 is 8.83 Å². The highest BCUT2D eigenvalue weighted by molar-refractivity contribution is 9.10. The van der Waals surface area contributed by atoms with Crippen molar-refractivity contribution < 1.29 is 8.83 Å². The van der Waals surface area contributed by atoms with Crippen molar-refractivity contribution in [1.29, 1.82) is 0 Å². The van der Waals surface area contributed by atoms with Gasteiger partial charge in [0.1, 0.15) is 11.2 Å². The molecule has 0 unspecified atom stereocenters. The van der Waals surface area contributed by atoms with Crippen molar-refractivity contribution in [1.82, 2.24) is 0 Å². The largest absolute Gasteiger partial charge is 0.423 e. The predicted molar refractivity (Wildman–Crippen MR) is 116 cm³/mol. The molecule has 0 atom stereocenters. The molecule has 0 N–H and O–H groups in total. The van der Waals surface area contributed by atoms with Crippen molar-refractivity contribution in [2.24, 2.45) is 0 Å². The van der Waals surface area contributed by atoms with Crippen LogP contribution < -0.4 is 11.3 Å². The van der Waals surface area contributed by atoms with Gasteiger partial charge in [-0.3, -0.25) is 0 Å². The van der Waals surface area contributed by atoms with Crippen LogP contribution in [0.1, 0.15) is 0 Å². The van der Waals surface area contributed by atoms with E-state index in [1.165, 1.54) is 12.1 Å². The maximum atomic E-state index is 11.5. The van der Waals surface area contributed by atoms with E-state index in [2.05, 4.69) is 15.9 Å². The number of hydrogen-bond acceptors (Lipinski definition) is 5. The van der Waals surface area contributed by atoms with Gasteiger partial charge in [0.25, 0.3) is 0 Å². The Morgan fingerprint density at radius 3 is 2.43 bits per heavy atom. The first-order valence-electron chi connectivity index (χ1n) is 8.35. The van der Waals surface area contributed by atoms with Crippen molar-refractivity contribution in [3.8, 4) is 11.1 Å². The van der Waals surface area contributed by atoms with E-state index in [0.29, 0.717) is 11.2 Å². The highest BCUT2D eigenvalue weighted by atomic mass is 79.9. The lowest BCUT2D eigenvalue weighted by Gasteiger charge is -2.03. The first-order chi connectivity index (χ1) is 13.6. The Labute approximate surface area is 171 Å². The minimum atomic E-state index is -0.322. The molecule has 4 nitrogen and oxygen atoms in total. The second-order valence-electron chi connectivity index (χ2n) is 5.92. The molecule has 0 amide bonds. The van der Waals surface area contributed by atoms with Crippen molar-refractivity contribution in [2.75, 3.05) is 0 Å². The molecule has 6 heteroatoms. The number of halogens is 1. The summed E-state index contributed by atoms with van der Waals surface area (Å²) in [5, 5.41) is 5.92. The molecule has 0 bridgehead atoms. The Morgan fingerprint density at radius 1 is 0.786 bits per heavy atom. The SMILES string of the molecule is O=c1cc(-c2ccsc2)c2ccc(Br)cc2o1.O=c1ccc2ccccc2o1. The van der Waals surface area contributed by atoms with Crippen LogP contribution in [0.2, 0.25) is 0 Å². The van der Waals surface area contributed by atoms with E-state index in [0.717, 1.165) is 26.4 Å². The number of rotatable bonds is 1. The molecule has 0 fully saturated rings. The van der Waals surface area contributed by atoms with E-state index in [1.807, 2.05) is 53.2 Å². The van der Waals surface area contributed by atoms with Crippen molar-refractivity contribution >= 4 is 49.2 Å². The first-order valence-corrected chi connectivity index (χ1v) is 10.1. The van der Waals surface area contributed by atoms with E-state index in [9.17, 15) is 9.59 Å². The first kappa shape index (κ1) is 18.4. The van der Waals surface area contributed by atoms with Crippen LogP contribution in [-0.2, 0) is 0 Å². The average Bonchev–Trinajstić information content (AvgIpc) is 3.22. The summed E-state index contributed by atoms with van der Waals surface area (Å²) in [5.74, 6) is 0. The molecule has 5 aromatic rings. The molecule has 0 aliphatic rings. The van der Waals surface area contributed by atoms with Crippen molar-refractivity contribution in [3.63, 3.8) is 0 Å². The minimum Gasteiger partial charge on any atom is -0.423 e. The third kappa shape index (κ3) is 3.98. The zero-order chi connectivity index (χ0) is 19.5. The van der Waals surface area contributed by atoms with Crippen LogP contribution in [-0.4, -0.2) is 0 Å². The lowest BCUT2D eigenvalue weighted by atomic mass is 10.1. The third-order valence-electron chi connectivity index (χ3n) is 4.07. The molecule has 0 spiro atoms. The molecule has 2 aromatic carbocycles. The molecule has 28 heavy (non-hydrogen) atoms. The van der Waals surface area contributed by atoms with E-state index >= 15 is 0 Å². The van der Waals surface area contributed by atoms with Gasteiger partial charge in [-0.2, -0.15) is 11.3 Å². The zero-order valence-corrected chi connectivity index (χ0v) is 16.8. The van der Waals surface area contributed by atoms with E-state index in [4.69, 9.17) is 8.83 Å². The monoisotopic (exact) mass is 452 g/mol. The summed E-state index contributed by atoms with van der Waals surface area (Å²) in [6.45, 7) is 0. The lowest BCUT2D eigenvalue weighted by Crippen LogP contribution is -1.97. The number of fused-ring (bicyclic) bond motifs is 2. The fourth-order valence-electron chi connectivity index (χ4n) is 2.80. The molecule has 3 aromatic heterocycles. The number of thiophene rings is 1. The number of hydrogen-bond donors (Lipinski definition) is 0.